The number of unbranched alkanes of at least 4 members (excludes halogenated alkanes) is 1. The second-order valence-corrected chi connectivity index (χ2v) is 10.1. The van der Waals surface area contributed by atoms with Gasteiger partial charge < -0.3 is 10.2 Å². The lowest BCUT2D eigenvalue weighted by Gasteiger charge is -2.32. The summed E-state index contributed by atoms with van der Waals surface area (Å²) in [5, 5.41) is 2.82. The highest BCUT2D eigenvalue weighted by molar-refractivity contribution is 7.92. The van der Waals surface area contributed by atoms with Crippen LogP contribution in [0.25, 0.3) is 0 Å². The Labute approximate surface area is 196 Å². The van der Waals surface area contributed by atoms with Crippen molar-refractivity contribution in [2.45, 2.75) is 50.8 Å². The molecule has 7 nitrogen and oxygen atoms in total. The van der Waals surface area contributed by atoms with Crippen molar-refractivity contribution < 1.29 is 18.0 Å². The van der Waals surface area contributed by atoms with Crippen LogP contribution in [0, 0.1) is 5.92 Å². The molecule has 0 aromatic heterocycles. The van der Waals surface area contributed by atoms with Crippen LogP contribution in [0.15, 0.2) is 53.4 Å². The van der Waals surface area contributed by atoms with Gasteiger partial charge in [0, 0.05) is 30.9 Å². The third-order valence-electron chi connectivity index (χ3n) is 5.85. The van der Waals surface area contributed by atoms with Crippen molar-refractivity contribution >= 4 is 27.5 Å². The number of aryl methyl sites for hydroxylation is 1. The first-order valence-corrected chi connectivity index (χ1v) is 13.1. The topological polar surface area (TPSA) is 95.6 Å². The van der Waals surface area contributed by atoms with Crippen LogP contribution in [0.4, 0.5) is 5.69 Å². The van der Waals surface area contributed by atoms with E-state index in [2.05, 4.69) is 17.0 Å². The van der Waals surface area contributed by atoms with E-state index in [9.17, 15) is 18.0 Å². The number of benzene rings is 2. The van der Waals surface area contributed by atoms with E-state index >= 15 is 0 Å². The molecular weight excluding hydrogens is 438 g/mol. The highest BCUT2D eigenvalue weighted by Crippen LogP contribution is 2.22. The molecule has 8 heteroatoms. The predicted octanol–water partition coefficient (Wildman–Crippen LogP) is 3.82. The summed E-state index contributed by atoms with van der Waals surface area (Å²) in [5.41, 5.74) is 1.94. The molecule has 1 atom stereocenters. The molecule has 0 radical (unpaired) electrons. The first-order chi connectivity index (χ1) is 15.8. The molecule has 1 aliphatic heterocycles. The normalized spacial score (nSPS) is 16.3. The number of piperidine rings is 1. The van der Waals surface area contributed by atoms with Crippen molar-refractivity contribution in [3.8, 4) is 0 Å². The number of carbonyl (C=O) groups is 2. The molecule has 3 rings (SSSR count). The standard InChI is InChI=1S/C25H33N3O4S/c1-3-5-8-19-12-14-22(15-13-19)27-33(31,32)23-11-6-9-20(17-23)25(30)28-16-7-10-21(18-28)24(29)26-4-2/h6,9,11-15,17,21,27H,3-5,7-8,10,16,18H2,1-2H3,(H,26,29). The largest absolute Gasteiger partial charge is 0.356 e. The number of likely N-dealkylation sites (tertiary alicyclic amines) is 1. The average molecular weight is 472 g/mol. The molecule has 0 bridgehead atoms. The minimum Gasteiger partial charge on any atom is -0.356 e. The number of sulfonamides is 1. The molecule has 1 fully saturated rings. The van der Waals surface area contributed by atoms with Gasteiger partial charge in [-0.05, 0) is 68.5 Å². The van der Waals surface area contributed by atoms with Crippen LogP contribution in [-0.2, 0) is 21.2 Å². The second-order valence-electron chi connectivity index (χ2n) is 8.42. The van der Waals surface area contributed by atoms with E-state index in [0.717, 1.165) is 32.1 Å². The lowest BCUT2D eigenvalue weighted by atomic mass is 9.96. The van der Waals surface area contributed by atoms with Crippen LogP contribution in [0.2, 0.25) is 0 Å². The van der Waals surface area contributed by atoms with E-state index in [4.69, 9.17) is 0 Å². The Morgan fingerprint density at radius 2 is 1.85 bits per heavy atom. The number of nitrogens with zero attached hydrogens (tertiary/aromatic N) is 1. The van der Waals surface area contributed by atoms with Crippen molar-refractivity contribution in [1.29, 1.82) is 0 Å². The molecule has 0 spiro atoms. The van der Waals surface area contributed by atoms with Gasteiger partial charge in [0.1, 0.15) is 0 Å². The van der Waals surface area contributed by atoms with Crippen molar-refractivity contribution in [3.63, 3.8) is 0 Å². The molecule has 1 heterocycles. The fraction of sp³-hybridized carbons (Fsp3) is 0.440. The van der Waals surface area contributed by atoms with Gasteiger partial charge in [0.25, 0.3) is 15.9 Å². The number of hydrogen-bond acceptors (Lipinski definition) is 4. The zero-order valence-corrected chi connectivity index (χ0v) is 20.2. The zero-order valence-electron chi connectivity index (χ0n) is 19.3. The lowest BCUT2D eigenvalue weighted by molar-refractivity contribution is -0.126. The van der Waals surface area contributed by atoms with E-state index in [1.54, 1.807) is 29.2 Å². The third-order valence-corrected chi connectivity index (χ3v) is 7.23. The number of nitrogens with one attached hydrogen (secondary N) is 2. The Balaban J connectivity index is 1.71. The van der Waals surface area contributed by atoms with Gasteiger partial charge >= 0.3 is 0 Å². The van der Waals surface area contributed by atoms with Gasteiger partial charge in [-0.1, -0.05) is 31.5 Å². The van der Waals surface area contributed by atoms with Gasteiger partial charge in [-0.3, -0.25) is 14.3 Å². The number of hydrogen-bond donors (Lipinski definition) is 2. The Morgan fingerprint density at radius 3 is 2.55 bits per heavy atom. The maximum Gasteiger partial charge on any atom is 0.261 e. The number of anilines is 1. The van der Waals surface area contributed by atoms with Gasteiger partial charge in [-0.2, -0.15) is 0 Å². The van der Waals surface area contributed by atoms with E-state index in [0.29, 0.717) is 30.9 Å². The van der Waals surface area contributed by atoms with Crippen molar-refractivity contribution in [2.24, 2.45) is 5.92 Å². The van der Waals surface area contributed by atoms with E-state index in [1.807, 2.05) is 19.1 Å². The van der Waals surface area contributed by atoms with Crippen LogP contribution in [-0.4, -0.2) is 44.8 Å². The highest BCUT2D eigenvalue weighted by Gasteiger charge is 2.29. The minimum absolute atomic E-state index is 0.0284. The molecule has 0 saturated carbocycles. The zero-order chi connectivity index (χ0) is 23.8. The molecule has 2 aromatic carbocycles. The van der Waals surface area contributed by atoms with Crippen LogP contribution in [0.5, 0.6) is 0 Å². The van der Waals surface area contributed by atoms with Gasteiger partial charge in [0.2, 0.25) is 5.91 Å². The van der Waals surface area contributed by atoms with Gasteiger partial charge in [-0.25, -0.2) is 8.42 Å². The Kier molecular flexibility index (Phi) is 8.49. The minimum atomic E-state index is -3.85. The van der Waals surface area contributed by atoms with E-state index in [-0.39, 0.29) is 22.6 Å². The summed E-state index contributed by atoms with van der Waals surface area (Å²) < 4.78 is 28.5. The van der Waals surface area contributed by atoms with E-state index < -0.39 is 10.0 Å². The summed E-state index contributed by atoms with van der Waals surface area (Å²) in [6.07, 6.45) is 4.64. The molecule has 1 aliphatic rings. The SMILES string of the molecule is CCCCc1ccc(NS(=O)(=O)c2cccc(C(=O)N3CCCC(C(=O)NCC)C3)c2)cc1. The average Bonchev–Trinajstić information content (AvgIpc) is 2.83. The van der Waals surface area contributed by atoms with Crippen molar-refractivity contribution in [2.75, 3.05) is 24.4 Å². The quantitative estimate of drug-likeness (QED) is 0.581. The Hall–Kier alpha value is -2.87. The first kappa shape index (κ1) is 24.8. The fourth-order valence-corrected chi connectivity index (χ4v) is 5.11. The summed E-state index contributed by atoms with van der Waals surface area (Å²) in [6.45, 7) is 5.44. The van der Waals surface area contributed by atoms with Crippen LogP contribution in [0.1, 0.15) is 55.5 Å². The number of rotatable bonds is 9. The third kappa shape index (κ3) is 6.57. The number of carbonyl (C=O) groups excluding carboxylic acids is 2. The smallest absolute Gasteiger partial charge is 0.261 e. The molecule has 2 N–H and O–H groups in total. The Bertz CT molecular complexity index is 1070. The van der Waals surface area contributed by atoms with E-state index in [1.165, 1.54) is 17.7 Å². The van der Waals surface area contributed by atoms with Gasteiger partial charge in [0.15, 0.2) is 0 Å². The van der Waals surface area contributed by atoms with Crippen molar-refractivity contribution in [1.82, 2.24) is 10.2 Å². The molecule has 2 amide bonds. The molecular formula is C25H33N3O4S. The lowest BCUT2D eigenvalue weighted by Crippen LogP contribution is -2.45. The van der Waals surface area contributed by atoms with Crippen LogP contribution in [0.3, 0.4) is 0 Å². The summed E-state index contributed by atoms with van der Waals surface area (Å²) >= 11 is 0. The molecule has 1 saturated heterocycles. The van der Waals surface area contributed by atoms with Crippen LogP contribution < -0.4 is 10.0 Å². The molecule has 0 aliphatic carbocycles. The Morgan fingerprint density at radius 1 is 1.09 bits per heavy atom. The maximum absolute atomic E-state index is 13.1. The molecule has 2 aromatic rings. The highest BCUT2D eigenvalue weighted by atomic mass is 32.2. The molecule has 1 unspecified atom stereocenters. The summed E-state index contributed by atoms with van der Waals surface area (Å²) in [6, 6.07) is 13.4. The predicted molar refractivity (Wildman–Crippen MR) is 130 cm³/mol. The molecule has 33 heavy (non-hydrogen) atoms. The second kappa shape index (κ2) is 11.3. The monoisotopic (exact) mass is 471 g/mol. The maximum atomic E-state index is 13.1. The van der Waals surface area contributed by atoms with Gasteiger partial charge in [0.05, 0.1) is 10.8 Å². The van der Waals surface area contributed by atoms with Crippen LogP contribution >= 0.6 is 0 Å². The first-order valence-electron chi connectivity index (χ1n) is 11.6. The summed E-state index contributed by atoms with van der Waals surface area (Å²) in [5.74, 6) is -0.547. The number of amides is 2. The molecule has 178 valence electrons. The van der Waals surface area contributed by atoms with Crippen molar-refractivity contribution in [3.05, 3.63) is 59.7 Å². The van der Waals surface area contributed by atoms with Gasteiger partial charge in [-0.15, -0.1) is 0 Å². The fourth-order valence-electron chi connectivity index (χ4n) is 4.01. The summed E-state index contributed by atoms with van der Waals surface area (Å²) in [7, 11) is -3.85. The summed E-state index contributed by atoms with van der Waals surface area (Å²) in [4.78, 5) is 26.9.